The molecule has 2 rings (SSSR count). The van der Waals surface area contributed by atoms with Gasteiger partial charge in [0.15, 0.2) is 5.78 Å². The van der Waals surface area contributed by atoms with Gasteiger partial charge >= 0.3 is 0 Å². The highest BCUT2D eigenvalue weighted by atomic mass is 16.5. The number of carbonyl (C=O) groups excluding carboxylic acids is 1. The molecule has 4 heteroatoms. The van der Waals surface area contributed by atoms with Crippen LogP contribution >= 0.6 is 0 Å². The summed E-state index contributed by atoms with van der Waals surface area (Å²) in [6.07, 6.45) is 0.381. The molecule has 0 amide bonds. The van der Waals surface area contributed by atoms with Crippen LogP contribution < -0.4 is 9.47 Å². The summed E-state index contributed by atoms with van der Waals surface area (Å²) in [7, 11) is 1.61. The number of likely N-dealkylation sites (N-methyl/N-ethyl adjacent to an activating group) is 1. The van der Waals surface area contributed by atoms with Crippen LogP contribution in [0.25, 0.3) is 0 Å². The van der Waals surface area contributed by atoms with Gasteiger partial charge in [-0.1, -0.05) is 26.0 Å². The molecule has 0 spiro atoms. The van der Waals surface area contributed by atoms with Gasteiger partial charge in [0.05, 0.1) is 7.11 Å². The Balaban J connectivity index is 1.85. The molecule has 0 unspecified atom stereocenters. The van der Waals surface area contributed by atoms with E-state index in [1.165, 1.54) is 0 Å². The maximum atomic E-state index is 12.3. The lowest BCUT2D eigenvalue weighted by Crippen LogP contribution is -2.27. The number of rotatable bonds is 10. The quantitative estimate of drug-likeness (QED) is 0.616. The highest BCUT2D eigenvalue weighted by molar-refractivity contribution is 5.97. The van der Waals surface area contributed by atoms with Crippen LogP contribution in [0.3, 0.4) is 0 Å². The fourth-order valence-corrected chi connectivity index (χ4v) is 2.60. The third kappa shape index (κ3) is 5.91. The minimum Gasteiger partial charge on any atom is -0.497 e. The molecule has 25 heavy (non-hydrogen) atoms. The Morgan fingerprint density at radius 1 is 0.920 bits per heavy atom. The fraction of sp³-hybridized carbons (Fsp3) is 0.381. The van der Waals surface area contributed by atoms with Crippen LogP contribution in [0, 0.1) is 0 Å². The molecule has 0 aliphatic rings. The van der Waals surface area contributed by atoms with Crippen molar-refractivity contribution in [1.82, 2.24) is 4.90 Å². The van der Waals surface area contributed by atoms with Crippen molar-refractivity contribution in [2.75, 3.05) is 33.4 Å². The molecule has 0 saturated heterocycles. The van der Waals surface area contributed by atoms with Crippen LogP contribution in [0.1, 0.15) is 29.8 Å². The van der Waals surface area contributed by atoms with Crippen LogP contribution in [0.5, 0.6) is 11.5 Å². The van der Waals surface area contributed by atoms with E-state index < -0.39 is 0 Å². The largest absolute Gasteiger partial charge is 0.497 e. The number of hydrogen-bond acceptors (Lipinski definition) is 4. The fourth-order valence-electron chi connectivity index (χ4n) is 2.60. The maximum absolute atomic E-state index is 12.3. The molecular weight excluding hydrogens is 314 g/mol. The van der Waals surface area contributed by atoms with Crippen molar-refractivity contribution < 1.29 is 14.3 Å². The highest BCUT2D eigenvalue weighted by Crippen LogP contribution is 2.16. The Morgan fingerprint density at radius 3 is 2.08 bits per heavy atom. The maximum Gasteiger partial charge on any atom is 0.167 e. The van der Waals surface area contributed by atoms with E-state index in [0.29, 0.717) is 18.6 Å². The Morgan fingerprint density at radius 2 is 1.52 bits per heavy atom. The van der Waals surface area contributed by atoms with Gasteiger partial charge in [0.1, 0.15) is 18.1 Å². The number of hydrogen-bond donors (Lipinski definition) is 0. The molecule has 0 fully saturated rings. The predicted molar refractivity (Wildman–Crippen MR) is 101 cm³/mol. The Labute approximate surface area is 150 Å². The SMILES string of the molecule is CCN(CC)CCOc1ccc(CC(=O)c2ccc(OC)cc2)cc1. The van der Waals surface area contributed by atoms with Crippen molar-refractivity contribution >= 4 is 5.78 Å². The third-order valence-electron chi connectivity index (χ3n) is 4.27. The first-order chi connectivity index (χ1) is 12.2. The summed E-state index contributed by atoms with van der Waals surface area (Å²) in [5.41, 5.74) is 1.68. The zero-order valence-corrected chi connectivity index (χ0v) is 15.3. The van der Waals surface area contributed by atoms with Crippen molar-refractivity contribution in [1.29, 1.82) is 0 Å². The number of Topliss-reactive ketones (excluding diaryl/α,β-unsaturated/α-hetero) is 1. The standard InChI is InChI=1S/C21H27NO3/c1-4-22(5-2)14-15-25-20-10-6-17(7-11-20)16-21(23)18-8-12-19(24-3)13-9-18/h6-13H,4-5,14-16H2,1-3H3. The van der Waals surface area contributed by atoms with Gasteiger partial charge in [-0.25, -0.2) is 0 Å². The van der Waals surface area contributed by atoms with Crippen molar-refractivity contribution in [3.8, 4) is 11.5 Å². The number of ketones is 1. The lowest BCUT2D eigenvalue weighted by atomic mass is 10.0. The highest BCUT2D eigenvalue weighted by Gasteiger charge is 2.08. The molecule has 0 aliphatic heterocycles. The smallest absolute Gasteiger partial charge is 0.167 e. The molecule has 2 aromatic rings. The number of nitrogens with zero attached hydrogens (tertiary/aromatic N) is 1. The molecule has 0 heterocycles. The summed E-state index contributed by atoms with van der Waals surface area (Å²) >= 11 is 0. The molecule has 0 atom stereocenters. The normalized spacial score (nSPS) is 10.7. The summed E-state index contributed by atoms with van der Waals surface area (Å²) in [4.78, 5) is 14.7. The molecule has 0 radical (unpaired) electrons. The minimum atomic E-state index is 0.0952. The topological polar surface area (TPSA) is 38.8 Å². The van der Waals surface area contributed by atoms with Gasteiger partial charge in [0.2, 0.25) is 0 Å². The molecule has 0 aliphatic carbocycles. The van der Waals surface area contributed by atoms with E-state index in [4.69, 9.17) is 9.47 Å². The van der Waals surface area contributed by atoms with Gasteiger partial charge in [0, 0.05) is 18.5 Å². The first kappa shape index (κ1) is 19.0. The van der Waals surface area contributed by atoms with Crippen LogP contribution in [0.15, 0.2) is 48.5 Å². The lowest BCUT2D eigenvalue weighted by molar-refractivity contribution is 0.0993. The molecule has 0 bridgehead atoms. The van der Waals surface area contributed by atoms with Crippen molar-refractivity contribution in [2.45, 2.75) is 20.3 Å². The Hall–Kier alpha value is -2.33. The molecule has 0 N–H and O–H groups in total. The average Bonchev–Trinajstić information content (AvgIpc) is 2.66. The van der Waals surface area contributed by atoms with E-state index in [2.05, 4.69) is 18.7 Å². The molecular formula is C21H27NO3. The van der Waals surface area contributed by atoms with Crippen LogP contribution in [-0.2, 0) is 6.42 Å². The van der Waals surface area contributed by atoms with Gasteiger partial charge in [-0.05, 0) is 55.1 Å². The molecule has 0 saturated carbocycles. The lowest BCUT2D eigenvalue weighted by Gasteiger charge is -2.18. The van der Waals surface area contributed by atoms with Gasteiger partial charge in [-0.15, -0.1) is 0 Å². The summed E-state index contributed by atoms with van der Waals surface area (Å²) in [5, 5.41) is 0. The number of methoxy groups -OCH3 is 1. The number of benzene rings is 2. The van der Waals surface area contributed by atoms with Gasteiger partial charge in [-0.2, -0.15) is 0 Å². The Kier molecular flexibility index (Phi) is 7.48. The van der Waals surface area contributed by atoms with Crippen LogP contribution in [0.2, 0.25) is 0 Å². The summed E-state index contributed by atoms with van der Waals surface area (Å²) in [5.74, 6) is 1.69. The third-order valence-corrected chi connectivity index (χ3v) is 4.27. The molecule has 134 valence electrons. The molecule has 2 aromatic carbocycles. The second-order valence-corrected chi connectivity index (χ2v) is 5.85. The number of carbonyl (C=O) groups is 1. The van der Waals surface area contributed by atoms with E-state index in [-0.39, 0.29) is 5.78 Å². The molecule has 4 nitrogen and oxygen atoms in total. The first-order valence-corrected chi connectivity index (χ1v) is 8.77. The van der Waals surface area contributed by atoms with E-state index in [9.17, 15) is 4.79 Å². The summed E-state index contributed by atoms with van der Waals surface area (Å²) in [6.45, 7) is 7.96. The monoisotopic (exact) mass is 341 g/mol. The van der Waals surface area contributed by atoms with Gasteiger partial charge < -0.3 is 14.4 Å². The second kappa shape index (κ2) is 9.84. The van der Waals surface area contributed by atoms with Crippen LogP contribution in [-0.4, -0.2) is 44.0 Å². The van der Waals surface area contributed by atoms with Crippen molar-refractivity contribution in [3.05, 3.63) is 59.7 Å². The Bertz CT molecular complexity index is 646. The van der Waals surface area contributed by atoms with Gasteiger partial charge in [-0.3, -0.25) is 4.79 Å². The predicted octanol–water partition coefficient (Wildman–Crippen LogP) is 3.84. The zero-order valence-electron chi connectivity index (χ0n) is 15.3. The zero-order chi connectivity index (χ0) is 18.1. The summed E-state index contributed by atoms with van der Waals surface area (Å²) < 4.78 is 10.9. The van der Waals surface area contributed by atoms with Crippen LogP contribution in [0.4, 0.5) is 0 Å². The second-order valence-electron chi connectivity index (χ2n) is 5.85. The number of ether oxygens (including phenoxy) is 2. The average molecular weight is 341 g/mol. The first-order valence-electron chi connectivity index (χ1n) is 8.77. The van der Waals surface area contributed by atoms with Gasteiger partial charge in [0.25, 0.3) is 0 Å². The van der Waals surface area contributed by atoms with E-state index in [1.807, 2.05) is 24.3 Å². The van der Waals surface area contributed by atoms with E-state index >= 15 is 0 Å². The van der Waals surface area contributed by atoms with E-state index in [1.54, 1.807) is 31.4 Å². The van der Waals surface area contributed by atoms with E-state index in [0.717, 1.165) is 36.7 Å². The minimum absolute atomic E-state index is 0.0952. The summed E-state index contributed by atoms with van der Waals surface area (Å²) in [6, 6.07) is 15.0. The van der Waals surface area contributed by atoms with Crippen molar-refractivity contribution in [3.63, 3.8) is 0 Å². The van der Waals surface area contributed by atoms with Crippen molar-refractivity contribution in [2.24, 2.45) is 0 Å². The molecule has 0 aromatic heterocycles.